The molecule has 0 bridgehead atoms. The summed E-state index contributed by atoms with van der Waals surface area (Å²) < 4.78 is 115. The molecule has 93 heavy (non-hydrogen) atoms. The molecule has 0 heterocycles. The van der Waals surface area contributed by atoms with Crippen LogP contribution in [-0.4, -0.2) is 125 Å². The molecule has 0 N–H and O–H groups in total. The van der Waals surface area contributed by atoms with E-state index >= 15 is 0 Å². The monoisotopic (exact) mass is 1400 g/mol. The number of thioether (sulfide) groups is 1. The van der Waals surface area contributed by atoms with E-state index in [1.807, 2.05) is 49.8 Å². The van der Waals surface area contributed by atoms with Crippen molar-refractivity contribution in [1.29, 1.82) is 0 Å². The van der Waals surface area contributed by atoms with Crippen molar-refractivity contribution in [2.24, 2.45) is 40.4 Å². The fourth-order valence-corrected chi connectivity index (χ4v) is 4.91. The lowest BCUT2D eigenvalue weighted by molar-refractivity contribution is -0.327. The number of sulfone groups is 1. The third kappa shape index (κ3) is 159. The maximum absolute atomic E-state index is 11.6. The number of carbonyl (C=O) groups excluding carboxylic acids is 5. The van der Waals surface area contributed by atoms with E-state index in [0.717, 1.165) is 54.3 Å². The van der Waals surface area contributed by atoms with Gasteiger partial charge < -0.3 is 38.0 Å². The molecule has 2 aromatic carbocycles. The van der Waals surface area contributed by atoms with E-state index in [4.69, 9.17) is 4.74 Å². The summed E-state index contributed by atoms with van der Waals surface area (Å²) in [7, 11) is 7.50. The lowest BCUT2D eigenvalue weighted by Gasteiger charge is -2.29. The van der Waals surface area contributed by atoms with E-state index in [9.17, 15) is 58.7 Å². The Morgan fingerprint density at radius 1 is 0.548 bits per heavy atom. The second-order valence-corrected chi connectivity index (χ2v) is 26.6. The summed E-state index contributed by atoms with van der Waals surface area (Å²) in [6.45, 7) is 43.2. The third-order valence-electron chi connectivity index (χ3n) is 8.78. The second-order valence-electron chi connectivity index (χ2n) is 23.5. The van der Waals surface area contributed by atoms with E-state index in [-0.39, 0.29) is 67.1 Å². The Labute approximate surface area is 575 Å². The zero-order valence-electron chi connectivity index (χ0n) is 62.1. The third-order valence-corrected chi connectivity index (χ3v) is 8.78. The number of ether oxygens (including phenoxy) is 6. The van der Waals surface area contributed by atoms with Crippen molar-refractivity contribution in [2.75, 3.05) is 74.8 Å². The van der Waals surface area contributed by atoms with Gasteiger partial charge in [-0.3, -0.25) is 9.59 Å². The van der Waals surface area contributed by atoms with Crippen LogP contribution in [0.2, 0.25) is 0 Å². The first kappa shape index (κ1) is 129. The van der Waals surface area contributed by atoms with Gasteiger partial charge in [0.15, 0.2) is 5.41 Å². The minimum atomic E-state index is -5.24. The number of methoxy groups -OCH3 is 6. The zero-order chi connectivity index (χ0) is 74.0. The molecule has 0 aromatic heterocycles. The van der Waals surface area contributed by atoms with Gasteiger partial charge in [-0.1, -0.05) is 195 Å². The number of halogens is 6. The lowest BCUT2D eigenvalue weighted by atomic mass is 9.78. The van der Waals surface area contributed by atoms with E-state index in [2.05, 4.69) is 152 Å². The van der Waals surface area contributed by atoms with Gasteiger partial charge in [0, 0.05) is 46.5 Å². The molecule has 0 saturated heterocycles. The number of benzene rings is 2. The molecule has 0 unspecified atom stereocenters. The van der Waals surface area contributed by atoms with Crippen LogP contribution in [-0.2, 0) is 59.1 Å². The van der Waals surface area contributed by atoms with Crippen LogP contribution in [0.1, 0.15) is 238 Å². The number of aryl methyl sites for hydroxylation is 2. The van der Waals surface area contributed by atoms with E-state index in [1.54, 1.807) is 46.9 Å². The minimum absolute atomic E-state index is 0. The van der Waals surface area contributed by atoms with Crippen molar-refractivity contribution in [1.82, 2.24) is 0 Å². The molecule has 0 atom stereocenters. The Morgan fingerprint density at radius 3 is 0.871 bits per heavy atom. The first-order valence-corrected chi connectivity index (χ1v) is 33.6. The van der Waals surface area contributed by atoms with Gasteiger partial charge in [-0.15, -0.1) is 0 Å². The van der Waals surface area contributed by atoms with Crippen molar-refractivity contribution in [3.8, 4) is 5.75 Å². The van der Waals surface area contributed by atoms with E-state index in [1.165, 1.54) is 92.4 Å². The van der Waals surface area contributed by atoms with Crippen molar-refractivity contribution in [3.63, 3.8) is 0 Å². The molecule has 2 aromatic rings. The Balaban J connectivity index is -0.0000000496. The lowest BCUT2D eigenvalue weighted by Crippen LogP contribution is -2.44. The number of hydrogen-bond acceptors (Lipinski definition) is 14. The Bertz CT molecular complexity index is 1820. The van der Waals surface area contributed by atoms with Crippen LogP contribution in [0, 0.1) is 47.3 Å². The zero-order valence-corrected chi connectivity index (χ0v) is 63.8. The number of rotatable bonds is 4. The molecule has 0 spiro atoms. The minimum Gasteiger partial charge on any atom is -0.497 e. The highest BCUT2D eigenvalue weighted by molar-refractivity contribution is 7.97. The van der Waals surface area contributed by atoms with Gasteiger partial charge in [-0.05, 0) is 139 Å². The Hall–Kier alpha value is -4.37. The van der Waals surface area contributed by atoms with Gasteiger partial charge in [0.25, 0.3) is 0 Å². The average Bonchev–Trinajstić information content (AvgIpc) is 0.939. The molecular weight excluding hydrogens is 1250 g/mol. The van der Waals surface area contributed by atoms with Gasteiger partial charge in [0.1, 0.15) is 27.2 Å². The molecule has 13 nitrogen and oxygen atoms in total. The molecule has 1 aliphatic rings. The maximum Gasteiger partial charge on any atom is 0.507 e. The normalized spacial score (nSPS) is 13.5. The number of carbonyl (C=O) groups is 5. The van der Waals surface area contributed by atoms with Crippen LogP contribution in [0.3, 0.4) is 0 Å². The van der Waals surface area contributed by atoms with Gasteiger partial charge in [0.2, 0.25) is 0 Å². The summed E-state index contributed by atoms with van der Waals surface area (Å²) in [5.74, 6) is 5.61. The van der Waals surface area contributed by atoms with E-state index in [0.29, 0.717) is 18.3 Å². The van der Waals surface area contributed by atoms with Crippen molar-refractivity contribution < 1.29 is 87.2 Å². The fourth-order valence-electron chi connectivity index (χ4n) is 4.91. The predicted octanol–water partition coefficient (Wildman–Crippen LogP) is 22.8. The smallest absolute Gasteiger partial charge is 0.497 e. The number of Topliss-reactive ketones (excluding diaryl/α,β-unsaturated/α-hetero) is 2. The first-order chi connectivity index (χ1) is 40.2. The molecule has 1 aliphatic carbocycles. The average molecular weight is 1400 g/mol. The predicted molar refractivity (Wildman–Crippen MR) is 393 cm³/mol. The topological polar surface area (TPSA) is 175 Å². The van der Waals surface area contributed by atoms with E-state index < -0.39 is 33.8 Å². The van der Waals surface area contributed by atoms with Crippen LogP contribution < -0.4 is 4.74 Å². The summed E-state index contributed by atoms with van der Waals surface area (Å²) >= 11 is 1.75. The first-order valence-electron chi connectivity index (χ1n) is 29.6. The largest absolute Gasteiger partial charge is 0.507 e. The highest BCUT2D eigenvalue weighted by Gasteiger charge is 2.64. The summed E-state index contributed by atoms with van der Waals surface area (Å²) in [6.07, 6.45) is 4.59. The van der Waals surface area contributed by atoms with Gasteiger partial charge in [0.05, 0.1) is 35.5 Å². The number of ketones is 2. The fraction of sp³-hybridized carbons (Fsp3) is 0.764. The molecule has 21 heteroatoms. The molecular formula is C72H148F6O13S2. The van der Waals surface area contributed by atoms with Crippen LogP contribution >= 0.6 is 11.8 Å². The summed E-state index contributed by atoms with van der Waals surface area (Å²) in [4.78, 5) is 48.5. The second kappa shape index (κ2) is 83.7. The van der Waals surface area contributed by atoms with Gasteiger partial charge in [-0.25, -0.2) is 13.2 Å². The molecule has 3 rings (SSSR count). The number of hydrogen-bond donors (Lipinski definition) is 0. The molecule has 0 amide bonds. The highest BCUT2D eigenvalue weighted by Crippen LogP contribution is 2.49. The molecule has 1 saturated carbocycles. The van der Waals surface area contributed by atoms with Crippen LogP contribution in [0.4, 0.5) is 31.1 Å². The summed E-state index contributed by atoms with van der Waals surface area (Å²) in [5, 5.41) is 0. The number of esters is 2. The SMILES string of the molecule is C.C.C.C.CC(C)(C(F)(F)F)C(F)(F)F.CC(C)(C)C.CC(C)=O.CC(C)C.CC1CC(C)CC(C)CC(C)C1.CCC.CCC(=O)OC.CCC(C)=O.CCc1ccccc1.COC.COC(=O)OC.COC(C)=O.COc1ccc(C)cc1.CS(C)(=O)=O.CSC. The van der Waals surface area contributed by atoms with Crippen molar-refractivity contribution in [3.05, 3.63) is 65.7 Å². The van der Waals surface area contributed by atoms with Crippen LogP contribution in [0.15, 0.2) is 54.6 Å². The maximum atomic E-state index is 11.6. The summed E-state index contributed by atoms with van der Waals surface area (Å²) in [6, 6.07) is 18.4. The van der Waals surface area contributed by atoms with Crippen molar-refractivity contribution >= 4 is 51.3 Å². The standard InChI is InChI=1S/C12H24.C8H10O.C8H10.C5H6F6.C5H12.C4H8O2.C4H8O.C4H10.C3H6O3.C3H6O2.C3H6O.C3H8.C2H6O2S.C2H6O.C2H6S.4CH4/c1-9-5-10(2)7-12(4)8-11(3)6-9;1-7-3-5-8(9-2)6-4-7;1-2-8-6-4-3-5-7-8;1-3(2,4(6,7)8)5(9,10)11;1-5(2,3)4;1-3-4(5)6-2;1-3-4(2)5;1-4(2)3;1-5-3(4)6-2;1-3(4)5-2;1-3(2)4;1-3-2;1-5(2,3)4;2*1-3-2;;;;/h9-12H,5-8H2,1-4H3;3-6H,1-2H3;3-7H,2H2,1H3;1-2H3;1-4H3;3H2,1-2H3;3H2,1-2H3;4H,1-3H3;1-2H3;1-2H3;1-2H3;3H2,1-2H3;1-2H3;2*1-2H3;4*1H4. The van der Waals surface area contributed by atoms with Gasteiger partial charge >= 0.3 is 30.4 Å². The molecule has 0 aliphatic heterocycles. The van der Waals surface area contributed by atoms with Crippen LogP contribution in [0.25, 0.3) is 0 Å². The summed E-state index contributed by atoms with van der Waals surface area (Å²) in [5.41, 5.74) is -0.455. The number of alkyl halides is 6. The Kier molecular flexibility index (Phi) is 116. The molecule has 1 fully saturated rings. The highest BCUT2D eigenvalue weighted by atomic mass is 32.2. The van der Waals surface area contributed by atoms with Gasteiger partial charge in [-0.2, -0.15) is 38.1 Å². The molecule has 0 radical (unpaired) electrons. The Morgan fingerprint density at radius 2 is 0.774 bits per heavy atom. The van der Waals surface area contributed by atoms with Crippen molar-refractivity contribution in [2.45, 2.75) is 253 Å². The van der Waals surface area contributed by atoms with Crippen LogP contribution in [0.5, 0.6) is 5.75 Å². The molecule has 568 valence electrons. The quantitative estimate of drug-likeness (QED) is 0.161.